The van der Waals surface area contributed by atoms with Crippen molar-refractivity contribution >= 4 is 5.97 Å². The van der Waals surface area contributed by atoms with Crippen LogP contribution >= 0.6 is 0 Å². The predicted molar refractivity (Wildman–Crippen MR) is 79.5 cm³/mol. The smallest absolute Gasteiger partial charge is 0.310 e. The van der Waals surface area contributed by atoms with Gasteiger partial charge in [-0.3, -0.25) is 9.69 Å². The predicted octanol–water partition coefficient (Wildman–Crippen LogP) is 2.48. The van der Waals surface area contributed by atoms with Gasteiger partial charge in [0.1, 0.15) is 0 Å². The Bertz CT molecular complexity index is 517. The van der Waals surface area contributed by atoms with Gasteiger partial charge in [0.15, 0.2) is 11.5 Å². The molecule has 2 N–H and O–H groups in total. The molecule has 5 heteroatoms. The standard InChI is InChI=1S/C16H23NO4/c1-3-16(15(19)20)8-5-9-17(11-16)10-12-6-4-7-13(21-2)14(12)18/h4,6-7,18H,3,5,8-11H2,1-2H3,(H,19,20). The largest absolute Gasteiger partial charge is 0.504 e. The molecule has 1 unspecified atom stereocenters. The summed E-state index contributed by atoms with van der Waals surface area (Å²) in [6, 6.07) is 5.39. The van der Waals surface area contributed by atoms with E-state index in [2.05, 4.69) is 4.90 Å². The molecule has 0 aliphatic carbocycles. The number of para-hydroxylation sites is 1. The summed E-state index contributed by atoms with van der Waals surface area (Å²) in [5.41, 5.74) is 0.110. The molecule has 5 nitrogen and oxygen atoms in total. The summed E-state index contributed by atoms with van der Waals surface area (Å²) in [6.45, 7) is 3.85. The minimum absolute atomic E-state index is 0.142. The van der Waals surface area contributed by atoms with Gasteiger partial charge in [0.2, 0.25) is 0 Å². The summed E-state index contributed by atoms with van der Waals surface area (Å²) in [5, 5.41) is 19.7. The quantitative estimate of drug-likeness (QED) is 0.873. The fraction of sp³-hybridized carbons (Fsp3) is 0.562. The number of methoxy groups -OCH3 is 1. The lowest BCUT2D eigenvalue weighted by Crippen LogP contribution is -2.47. The van der Waals surface area contributed by atoms with Gasteiger partial charge in [0.05, 0.1) is 12.5 Å². The third-order valence-electron chi connectivity index (χ3n) is 4.48. The highest BCUT2D eigenvalue weighted by molar-refractivity contribution is 5.75. The van der Waals surface area contributed by atoms with Gasteiger partial charge in [-0.1, -0.05) is 19.1 Å². The fourth-order valence-corrected chi connectivity index (χ4v) is 3.08. The van der Waals surface area contributed by atoms with Crippen molar-refractivity contribution in [1.29, 1.82) is 0 Å². The maximum absolute atomic E-state index is 11.6. The molecule has 21 heavy (non-hydrogen) atoms. The highest BCUT2D eigenvalue weighted by Crippen LogP contribution is 2.36. The molecule has 1 heterocycles. The molecule has 1 fully saturated rings. The summed E-state index contributed by atoms with van der Waals surface area (Å²) in [4.78, 5) is 13.7. The van der Waals surface area contributed by atoms with E-state index in [1.165, 1.54) is 7.11 Å². The van der Waals surface area contributed by atoms with Crippen molar-refractivity contribution in [3.63, 3.8) is 0 Å². The Morgan fingerprint density at radius 3 is 2.86 bits per heavy atom. The zero-order valence-corrected chi connectivity index (χ0v) is 12.6. The van der Waals surface area contributed by atoms with Crippen LogP contribution in [0.4, 0.5) is 0 Å². The first-order valence-electron chi connectivity index (χ1n) is 7.33. The molecule has 0 spiro atoms. The topological polar surface area (TPSA) is 70.0 Å². The molecule has 1 aliphatic rings. The number of phenolic OH excluding ortho intramolecular Hbond substituents is 1. The lowest BCUT2D eigenvalue weighted by molar-refractivity contribution is -0.153. The number of phenols is 1. The van der Waals surface area contributed by atoms with Crippen LogP contribution in [0.25, 0.3) is 0 Å². The Morgan fingerprint density at radius 2 is 2.24 bits per heavy atom. The number of benzene rings is 1. The summed E-state index contributed by atoms with van der Waals surface area (Å²) >= 11 is 0. The molecule has 1 aliphatic heterocycles. The molecule has 1 saturated heterocycles. The van der Waals surface area contributed by atoms with Crippen LogP contribution in [0.5, 0.6) is 11.5 Å². The number of rotatable bonds is 5. The van der Waals surface area contributed by atoms with Crippen LogP contribution < -0.4 is 4.74 Å². The zero-order chi connectivity index (χ0) is 15.5. The van der Waals surface area contributed by atoms with E-state index in [0.717, 1.165) is 24.9 Å². The van der Waals surface area contributed by atoms with Crippen molar-refractivity contribution in [1.82, 2.24) is 4.90 Å². The van der Waals surface area contributed by atoms with Gasteiger partial charge < -0.3 is 14.9 Å². The maximum Gasteiger partial charge on any atom is 0.310 e. The molecule has 116 valence electrons. The SMILES string of the molecule is CCC1(C(=O)O)CCCN(Cc2cccc(OC)c2O)C1. The first-order valence-corrected chi connectivity index (χ1v) is 7.33. The van der Waals surface area contributed by atoms with Crippen molar-refractivity contribution in [3.8, 4) is 11.5 Å². The molecule has 1 atom stereocenters. The van der Waals surface area contributed by atoms with E-state index >= 15 is 0 Å². The number of aliphatic carboxylic acids is 1. The molecular weight excluding hydrogens is 270 g/mol. The van der Waals surface area contributed by atoms with Crippen LogP contribution in [0.1, 0.15) is 31.7 Å². The first kappa shape index (κ1) is 15.6. The van der Waals surface area contributed by atoms with Gasteiger partial charge in [-0.25, -0.2) is 0 Å². The molecule has 1 aromatic carbocycles. The highest BCUT2D eigenvalue weighted by atomic mass is 16.5. The first-order chi connectivity index (χ1) is 10.0. The van der Waals surface area contributed by atoms with Gasteiger partial charge >= 0.3 is 5.97 Å². The second-order valence-corrected chi connectivity index (χ2v) is 5.72. The van der Waals surface area contributed by atoms with E-state index in [9.17, 15) is 15.0 Å². The van der Waals surface area contributed by atoms with Crippen LogP contribution in [0.3, 0.4) is 0 Å². The number of hydrogen-bond donors (Lipinski definition) is 2. The number of likely N-dealkylation sites (tertiary alicyclic amines) is 1. The molecular formula is C16H23NO4. The maximum atomic E-state index is 11.6. The van der Waals surface area contributed by atoms with E-state index in [-0.39, 0.29) is 5.75 Å². The Labute approximate surface area is 125 Å². The normalized spacial score (nSPS) is 23.0. The van der Waals surface area contributed by atoms with E-state index < -0.39 is 11.4 Å². The number of ether oxygens (including phenoxy) is 1. The second kappa shape index (κ2) is 6.35. The lowest BCUT2D eigenvalue weighted by atomic mass is 9.77. The van der Waals surface area contributed by atoms with Crippen molar-refractivity contribution in [2.24, 2.45) is 5.41 Å². The summed E-state index contributed by atoms with van der Waals surface area (Å²) < 4.78 is 5.11. The number of carboxylic acid groups (broad SMARTS) is 1. The lowest BCUT2D eigenvalue weighted by Gasteiger charge is -2.39. The molecule has 0 aromatic heterocycles. The van der Waals surface area contributed by atoms with E-state index in [0.29, 0.717) is 25.3 Å². The summed E-state index contributed by atoms with van der Waals surface area (Å²) in [5.74, 6) is -0.128. The number of hydrogen-bond acceptors (Lipinski definition) is 4. The molecule has 0 amide bonds. The van der Waals surface area contributed by atoms with E-state index in [1.54, 1.807) is 6.07 Å². The third kappa shape index (κ3) is 3.13. The Morgan fingerprint density at radius 1 is 1.48 bits per heavy atom. The van der Waals surface area contributed by atoms with Crippen LogP contribution in [0, 0.1) is 5.41 Å². The van der Waals surface area contributed by atoms with Crippen molar-refractivity contribution in [2.45, 2.75) is 32.7 Å². The molecule has 0 saturated carbocycles. The molecule has 1 aromatic rings. The average molecular weight is 293 g/mol. The fourth-order valence-electron chi connectivity index (χ4n) is 3.08. The van der Waals surface area contributed by atoms with Gasteiger partial charge in [0.25, 0.3) is 0 Å². The Hall–Kier alpha value is -1.75. The van der Waals surface area contributed by atoms with E-state index in [4.69, 9.17) is 4.74 Å². The molecule has 0 bridgehead atoms. The van der Waals surface area contributed by atoms with Crippen molar-refractivity contribution < 1.29 is 19.7 Å². The highest BCUT2D eigenvalue weighted by Gasteiger charge is 2.40. The molecule has 0 radical (unpaired) electrons. The summed E-state index contributed by atoms with van der Waals surface area (Å²) in [6.07, 6.45) is 2.22. The van der Waals surface area contributed by atoms with Gasteiger partial charge in [-0.15, -0.1) is 0 Å². The minimum atomic E-state index is -0.718. The van der Waals surface area contributed by atoms with Crippen LogP contribution in [0.15, 0.2) is 18.2 Å². The number of aromatic hydroxyl groups is 1. The second-order valence-electron chi connectivity index (χ2n) is 5.72. The Kier molecular flexibility index (Phi) is 4.73. The van der Waals surface area contributed by atoms with Crippen LogP contribution in [0.2, 0.25) is 0 Å². The van der Waals surface area contributed by atoms with Crippen molar-refractivity contribution in [3.05, 3.63) is 23.8 Å². The van der Waals surface area contributed by atoms with Gasteiger partial charge in [0, 0.05) is 18.7 Å². The third-order valence-corrected chi connectivity index (χ3v) is 4.48. The Balaban J connectivity index is 2.15. The number of carbonyl (C=O) groups is 1. The van der Waals surface area contributed by atoms with Gasteiger partial charge in [-0.2, -0.15) is 0 Å². The number of carboxylic acids is 1. The number of nitrogens with zero attached hydrogens (tertiary/aromatic N) is 1. The number of piperidine rings is 1. The molecule has 2 rings (SSSR count). The minimum Gasteiger partial charge on any atom is -0.504 e. The van der Waals surface area contributed by atoms with Crippen molar-refractivity contribution in [2.75, 3.05) is 20.2 Å². The van der Waals surface area contributed by atoms with E-state index in [1.807, 2.05) is 19.1 Å². The van der Waals surface area contributed by atoms with Crippen LogP contribution in [-0.4, -0.2) is 41.3 Å². The van der Waals surface area contributed by atoms with Crippen LogP contribution in [-0.2, 0) is 11.3 Å². The zero-order valence-electron chi connectivity index (χ0n) is 12.6. The summed E-state index contributed by atoms with van der Waals surface area (Å²) in [7, 11) is 1.52. The monoisotopic (exact) mass is 293 g/mol. The average Bonchev–Trinajstić information content (AvgIpc) is 2.49. The van der Waals surface area contributed by atoms with Gasteiger partial charge in [-0.05, 0) is 31.9 Å².